The quantitative estimate of drug-likeness (QED) is 0.265. The van der Waals surface area contributed by atoms with Gasteiger partial charge in [-0.25, -0.2) is 0 Å². The summed E-state index contributed by atoms with van der Waals surface area (Å²) in [6.07, 6.45) is 1.77. The van der Waals surface area contributed by atoms with Crippen LogP contribution in [0, 0.1) is 0 Å². The smallest absolute Gasteiger partial charge is 0.284 e. The molecule has 0 saturated carbocycles. The first kappa shape index (κ1) is 13.3. The molecular formula is C4H7I3O3S. The average Bonchev–Trinajstić information content (AvgIpc) is 1.78. The van der Waals surface area contributed by atoms with Gasteiger partial charge in [-0.1, -0.05) is 67.8 Å². The normalized spacial score (nSPS) is 14.9. The predicted octanol–water partition coefficient (Wildman–Crippen LogP) is 2.88. The zero-order valence-electron chi connectivity index (χ0n) is 5.43. The number of hydrogen-bond donors (Lipinski definition) is 1. The fourth-order valence-corrected chi connectivity index (χ4v) is 1.81. The summed E-state index contributed by atoms with van der Waals surface area (Å²) in [6.45, 7) is 0.347. The molecule has 0 aromatic carbocycles. The summed E-state index contributed by atoms with van der Waals surface area (Å²) in [6, 6.07) is 0. The molecule has 0 radical (unpaired) electrons. The summed E-state index contributed by atoms with van der Waals surface area (Å²) in [4.78, 5) is 0. The molecule has 0 aliphatic rings. The Balaban J connectivity index is 3.22. The van der Waals surface area contributed by atoms with Gasteiger partial charge in [0, 0.05) is 0 Å². The maximum atomic E-state index is 10.0. The summed E-state index contributed by atoms with van der Waals surface area (Å²) in [5, 5.41) is 0. The summed E-state index contributed by atoms with van der Waals surface area (Å²) < 4.78 is 22.9. The lowest BCUT2D eigenvalue weighted by molar-refractivity contribution is 0.300. The van der Waals surface area contributed by atoms with Gasteiger partial charge in [-0.2, -0.15) is 4.21 Å². The first-order chi connectivity index (χ1) is 4.92. The molecule has 0 spiro atoms. The fourth-order valence-electron chi connectivity index (χ4n) is 0.403. The van der Waals surface area contributed by atoms with Crippen LogP contribution >= 0.6 is 67.8 Å². The van der Waals surface area contributed by atoms with Crippen molar-refractivity contribution in [3.05, 3.63) is 0 Å². The maximum absolute atomic E-state index is 10.0. The Hall–Kier alpha value is 2.26. The largest absolute Gasteiger partial charge is 0.301 e. The second kappa shape index (κ2) is 6.68. The first-order valence-corrected chi connectivity index (χ1v) is 6.99. The maximum Gasteiger partial charge on any atom is 0.301 e. The number of rotatable bonds is 5. The number of halogens is 3. The average molecular weight is 516 g/mol. The van der Waals surface area contributed by atoms with E-state index in [-0.39, 0.29) is -0.565 Å². The molecule has 1 unspecified atom stereocenters. The van der Waals surface area contributed by atoms with E-state index in [0.29, 0.717) is 6.61 Å². The summed E-state index contributed by atoms with van der Waals surface area (Å²) >= 11 is 4.84. The molecule has 7 heteroatoms. The van der Waals surface area contributed by atoms with E-state index in [4.69, 9.17) is 4.55 Å². The van der Waals surface area contributed by atoms with Gasteiger partial charge in [0.1, 0.15) is -0.565 Å². The lowest BCUT2D eigenvalue weighted by Crippen LogP contribution is -2.03. The molecule has 1 N–H and O–H groups in total. The van der Waals surface area contributed by atoms with Crippen LogP contribution in [0.4, 0.5) is 0 Å². The van der Waals surface area contributed by atoms with E-state index in [0.717, 1.165) is 12.8 Å². The molecule has 0 aliphatic carbocycles. The van der Waals surface area contributed by atoms with Crippen LogP contribution in [0.3, 0.4) is 0 Å². The molecule has 1 atom stereocenters. The molecule has 0 saturated heterocycles. The lowest BCUT2D eigenvalue weighted by Gasteiger charge is -2.10. The van der Waals surface area contributed by atoms with Crippen molar-refractivity contribution < 1.29 is 12.9 Å². The Labute approximate surface area is 109 Å². The highest BCUT2D eigenvalue weighted by Crippen LogP contribution is 2.39. The second-order valence-electron chi connectivity index (χ2n) is 1.76. The minimum Gasteiger partial charge on any atom is -0.284 e. The third-order valence-corrected chi connectivity index (χ3v) is 2.78. The van der Waals surface area contributed by atoms with Crippen molar-refractivity contribution in [1.82, 2.24) is 0 Å². The van der Waals surface area contributed by atoms with Crippen LogP contribution in [0.5, 0.6) is 0 Å². The molecule has 0 heterocycles. The molecule has 0 rings (SSSR count). The first-order valence-electron chi connectivity index (χ1n) is 2.73. The predicted molar refractivity (Wildman–Crippen MR) is 70.7 cm³/mol. The molecular weight excluding hydrogens is 509 g/mol. The molecule has 0 aliphatic heterocycles. The second-order valence-corrected chi connectivity index (χ2v) is 14.1. The number of alkyl halides is 3. The molecule has 0 aromatic heterocycles. The van der Waals surface area contributed by atoms with Crippen LogP contribution < -0.4 is 0 Å². The van der Waals surface area contributed by atoms with E-state index in [2.05, 4.69) is 72.0 Å². The summed E-state index contributed by atoms with van der Waals surface area (Å²) in [7, 11) is 0. The Morgan fingerprint density at radius 2 is 2.00 bits per heavy atom. The van der Waals surface area contributed by atoms with Gasteiger partial charge in [-0.3, -0.25) is 8.74 Å². The highest BCUT2D eigenvalue weighted by Gasteiger charge is 2.16. The van der Waals surface area contributed by atoms with Crippen molar-refractivity contribution in [2.24, 2.45) is 0 Å². The zero-order chi connectivity index (χ0) is 8.91. The fraction of sp³-hybridized carbons (Fsp3) is 1.00. The molecule has 0 fully saturated rings. The van der Waals surface area contributed by atoms with Crippen molar-refractivity contribution >= 4 is 79.1 Å². The third kappa shape index (κ3) is 12.3. The Morgan fingerprint density at radius 1 is 1.45 bits per heavy atom. The van der Waals surface area contributed by atoms with E-state index in [1.165, 1.54) is 0 Å². The minimum absolute atomic E-state index is 0.188. The van der Waals surface area contributed by atoms with Crippen LogP contribution in [-0.2, 0) is 15.5 Å². The summed E-state index contributed by atoms with van der Waals surface area (Å²) in [5.41, 5.74) is 0. The molecule has 68 valence electrons. The molecule has 0 bridgehead atoms. The minimum atomic E-state index is -2.10. The third-order valence-electron chi connectivity index (χ3n) is 0.789. The van der Waals surface area contributed by atoms with Gasteiger partial charge in [0.25, 0.3) is 0 Å². The van der Waals surface area contributed by atoms with Gasteiger partial charge in [-0.15, -0.1) is 0 Å². The van der Waals surface area contributed by atoms with Crippen LogP contribution in [0.2, 0.25) is 0 Å². The van der Waals surface area contributed by atoms with E-state index in [9.17, 15) is 4.21 Å². The van der Waals surface area contributed by atoms with Crippen LogP contribution in [-0.4, -0.2) is 14.8 Å². The lowest BCUT2D eigenvalue weighted by atomic mass is 10.4. The van der Waals surface area contributed by atoms with Crippen molar-refractivity contribution in [3.63, 3.8) is 0 Å². The van der Waals surface area contributed by atoms with Gasteiger partial charge in [-0.05, 0) is 12.8 Å². The van der Waals surface area contributed by atoms with E-state index >= 15 is 0 Å². The van der Waals surface area contributed by atoms with Crippen LogP contribution in [0.25, 0.3) is 0 Å². The van der Waals surface area contributed by atoms with Gasteiger partial charge >= 0.3 is 11.4 Å². The van der Waals surface area contributed by atoms with E-state index in [1.54, 1.807) is 0 Å². The van der Waals surface area contributed by atoms with Crippen molar-refractivity contribution in [2.75, 3.05) is 6.61 Å². The highest BCUT2D eigenvalue weighted by atomic mass is 127. The van der Waals surface area contributed by atoms with Crippen LogP contribution in [0.1, 0.15) is 12.8 Å². The van der Waals surface area contributed by atoms with Gasteiger partial charge < -0.3 is 0 Å². The van der Waals surface area contributed by atoms with Crippen LogP contribution in [0.15, 0.2) is 0 Å². The molecule has 3 nitrogen and oxygen atoms in total. The molecule has 0 amide bonds. The van der Waals surface area contributed by atoms with E-state index in [1.807, 2.05) is 0 Å². The Kier molecular flexibility index (Phi) is 8.05. The van der Waals surface area contributed by atoms with Crippen molar-refractivity contribution in [1.29, 1.82) is 0 Å². The van der Waals surface area contributed by atoms with E-state index < -0.39 is 11.4 Å². The highest BCUT2D eigenvalue weighted by molar-refractivity contribution is 14.3. The SMILES string of the molecule is O=S(O)OCCCC(I)(I)I. The zero-order valence-corrected chi connectivity index (χ0v) is 12.7. The number of hydrogen-bond acceptors (Lipinski definition) is 2. The Morgan fingerprint density at radius 3 is 2.36 bits per heavy atom. The van der Waals surface area contributed by atoms with Crippen molar-refractivity contribution in [2.45, 2.75) is 12.3 Å². The van der Waals surface area contributed by atoms with Gasteiger partial charge in [0.05, 0.1) is 6.61 Å². The summed E-state index contributed by atoms with van der Waals surface area (Å²) in [5.74, 6) is 0. The molecule has 0 aromatic rings. The standard InChI is InChI=1S/C4H7I3O3S/c5-4(6,7)2-1-3-10-11(8)9/h1-3H2,(H,8,9). The van der Waals surface area contributed by atoms with Gasteiger partial charge in [0.15, 0.2) is 0 Å². The molecule has 11 heavy (non-hydrogen) atoms. The van der Waals surface area contributed by atoms with Gasteiger partial charge in [0.2, 0.25) is 0 Å². The topological polar surface area (TPSA) is 46.5 Å². The monoisotopic (exact) mass is 516 g/mol. The van der Waals surface area contributed by atoms with Crippen molar-refractivity contribution in [3.8, 4) is 0 Å². The Bertz CT molecular complexity index is 135.